The number of para-hydroxylation sites is 1. The molecule has 1 fully saturated rings. The number of thioether (sulfide) groups is 1. The van der Waals surface area contributed by atoms with Crippen molar-refractivity contribution in [1.82, 2.24) is 15.1 Å². The van der Waals surface area contributed by atoms with Gasteiger partial charge in [0.1, 0.15) is 12.4 Å². The molecule has 0 saturated heterocycles. The van der Waals surface area contributed by atoms with Gasteiger partial charge < -0.3 is 5.32 Å². The maximum atomic E-state index is 13.6. The van der Waals surface area contributed by atoms with E-state index in [1.54, 1.807) is 16.7 Å². The van der Waals surface area contributed by atoms with Gasteiger partial charge in [-0.15, -0.1) is 11.8 Å². The molecule has 1 N–H and O–H groups in total. The molecule has 1 atom stereocenters. The maximum absolute atomic E-state index is 13.6. The summed E-state index contributed by atoms with van der Waals surface area (Å²) in [7, 11) is 0. The number of aryl methyl sites for hydroxylation is 1. The first kappa shape index (κ1) is 24.9. The van der Waals surface area contributed by atoms with Gasteiger partial charge in [0.15, 0.2) is 0 Å². The highest BCUT2D eigenvalue weighted by Gasteiger charge is 2.40. The number of anilines is 1. The number of amides is 2. The normalized spacial score (nSPS) is 18.1. The Kier molecular flexibility index (Phi) is 6.64. The van der Waals surface area contributed by atoms with E-state index < -0.39 is 0 Å². The number of fused-ring (bicyclic) bond motifs is 1. The average molecular weight is 523 g/mol. The molecule has 8 heteroatoms. The fraction of sp³-hybridized carbons (Fsp3) is 0.393. The van der Waals surface area contributed by atoms with Gasteiger partial charge in [-0.2, -0.15) is 5.10 Å². The number of hydrogen-bond donors (Lipinski definition) is 1. The van der Waals surface area contributed by atoms with Gasteiger partial charge in [-0.1, -0.05) is 62.7 Å². The highest BCUT2D eigenvalue weighted by molar-refractivity contribution is 8.00. The molecule has 1 aliphatic carbocycles. The molecule has 2 heterocycles. The summed E-state index contributed by atoms with van der Waals surface area (Å²) in [6.07, 6.45) is 1.99. The lowest BCUT2D eigenvalue weighted by molar-refractivity contribution is -0.123. The third-order valence-electron chi connectivity index (χ3n) is 6.54. The van der Waals surface area contributed by atoms with Crippen LogP contribution in [-0.4, -0.2) is 39.9 Å². The Hall–Kier alpha value is -2.77. The summed E-state index contributed by atoms with van der Waals surface area (Å²) in [6, 6.07) is 16.0. The van der Waals surface area contributed by atoms with E-state index in [0.717, 1.165) is 40.9 Å². The molecule has 2 aromatic carbocycles. The van der Waals surface area contributed by atoms with Gasteiger partial charge in [0.05, 0.1) is 22.4 Å². The summed E-state index contributed by atoms with van der Waals surface area (Å²) in [5.74, 6) is 0.671. The fourth-order valence-electron chi connectivity index (χ4n) is 4.62. The van der Waals surface area contributed by atoms with Crippen LogP contribution >= 0.6 is 23.4 Å². The minimum absolute atomic E-state index is 0.0354. The fourth-order valence-corrected chi connectivity index (χ4v) is 6.01. The second-order valence-electron chi connectivity index (χ2n) is 10.6. The Morgan fingerprint density at radius 1 is 1.17 bits per heavy atom. The molecule has 2 amide bonds. The summed E-state index contributed by atoms with van der Waals surface area (Å²) in [4.78, 5) is 28.3. The van der Waals surface area contributed by atoms with Crippen molar-refractivity contribution in [3.63, 3.8) is 0 Å². The molecule has 0 radical (unpaired) electrons. The third-order valence-corrected chi connectivity index (χ3v) is 8.03. The van der Waals surface area contributed by atoms with Crippen LogP contribution in [0.15, 0.2) is 48.5 Å². The molecular formula is C28H31ClN4O2S. The van der Waals surface area contributed by atoms with E-state index in [0.29, 0.717) is 10.8 Å². The smallest absolute Gasteiger partial charge is 0.240 e. The zero-order chi connectivity index (χ0) is 25.6. The van der Waals surface area contributed by atoms with Gasteiger partial charge in [0.25, 0.3) is 0 Å². The Balaban J connectivity index is 1.76. The number of carbonyl (C=O) groups is 2. The van der Waals surface area contributed by atoms with Crippen LogP contribution in [0.1, 0.15) is 61.2 Å². The summed E-state index contributed by atoms with van der Waals surface area (Å²) < 4.78 is 1.87. The summed E-state index contributed by atoms with van der Waals surface area (Å²) in [5.41, 5.74) is 4.50. The molecule has 1 aliphatic heterocycles. The highest BCUT2D eigenvalue weighted by Crippen LogP contribution is 2.48. The second kappa shape index (κ2) is 9.60. The summed E-state index contributed by atoms with van der Waals surface area (Å²) in [6.45, 7) is 8.40. The molecule has 0 bridgehead atoms. The van der Waals surface area contributed by atoms with Crippen LogP contribution in [-0.2, 0) is 15.0 Å². The number of nitrogens with zero attached hydrogens (tertiary/aromatic N) is 3. The molecule has 2 aliphatic rings. The average Bonchev–Trinajstić information content (AvgIpc) is 3.56. The predicted molar refractivity (Wildman–Crippen MR) is 146 cm³/mol. The Bertz CT molecular complexity index is 1330. The van der Waals surface area contributed by atoms with E-state index in [-0.39, 0.29) is 40.8 Å². The van der Waals surface area contributed by atoms with Crippen LogP contribution in [0.2, 0.25) is 5.02 Å². The van der Waals surface area contributed by atoms with Crippen LogP contribution in [0.3, 0.4) is 0 Å². The minimum atomic E-state index is -0.301. The maximum Gasteiger partial charge on any atom is 0.240 e. The van der Waals surface area contributed by atoms with Crippen molar-refractivity contribution in [1.29, 1.82) is 0 Å². The van der Waals surface area contributed by atoms with E-state index in [1.807, 2.05) is 60.1 Å². The van der Waals surface area contributed by atoms with E-state index in [9.17, 15) is 9.59 Å². The molecule has 1 saturated carbocycles. The first-order valence-corrected chi connectivity index (χ1v) is 13.7. The zero-order valence-corrected chi connectivity index (χ0v) is 22.6. The topological polar surface area (TPSA) is 67.2 Å². The zero-order valence-electron chi connectivity index (χ0n) is 21.0. The lowest BCUT2D eigenvalue weighted by Gasteiger charge is -2.25. The van der Waals surface area contributed by atoms with Crippen molar-refractivity contribution < 1.29 is 9.59 Å². The Labute approximate surface area is 221 Å². The van der Waals surface area contributed by atoms with Crippen LogP contribution in [0.5, 0.6) is 0 Å². The van der Waals surface area contributed by atoms with Crippen LogP contribution < -0.4 is 10.2 Å². The monoisotopic (exact) mass is 522 g/mol. The number of hydrogen-bond acceptors (Lipinski definition) is 4. The van der Waals surface area contributed by atoms with Crippen molar-refractivity contribution in [3.8, 4) is 5.69 Å². The van der Waals surface area contributed by atoms with Crippen molar-refractivity contribution in [3.05, 3.63) is 75.9 Å². The molecular weight excluding hydrogens is 492 g/mol. The van der Waals surface area contributed by atoms with E-state index in [4.69, 9.17) is 16.7 Å². The van der Waals surface area contributed by atoms with Crippen molar-refractivity contribution in [2.24, 2.45) is 0 Å². The standard InChI is InChI=1S/C28H31ClN4O2S/c1-17-8-5-6-11-21(17)33-27-24(26(31-33)28(2,3)4)25(18-9-7-10-19(29)14-18)36-16-23(35)32(27)15-22(34)30-20-12-13-20/h5-11,14,20,25H,12-13,15-16H2,1-4H3,(H,30,34)/t25-/m0/s1. The molecule has 36 heavy (non-hydrogen) atoms. The van der Waals surface area contributed by atoms with Gasteiger partial charge in [0.2, 0.25) is 11.8 Å². The third kappa shape index (κ3) is 4.91. The number of carbonyl (C=O) groups excluding carboxylic acids is 2. The lowest BCUT2D eigenvalue weighted by atomic mass is 9.87. The lowest BCUT2D eigenvalue weighted by Crippen LogP contribution is -2.43. The first-order valence-electron chi connectivity index (χ1n) is 12.3. The van der Waals surface area contributed by atoms with Crippen molar-refractivity contribution in [2.75, 3.05) is 17.2 Å². The van der Waals surface area contributed by atoms with Gasteiger partial charge in [-0.25, -0.2) is 4.68 Å². The molecule has 1 aromatic heterocycles. The van der Waals surface area contributed by atoms with Crippen molar-refractivity contribution in [2.45, 2.75) is 57.2 Å². The number of rotatable bonds is 5. The van der Waals surface area contributed by atoms with E-state index in [1.165, 1.54) is 0 Å². The predicted octanol–water partition coefficient (Wildman–Crippen LogP) is 5.58. The van der Waals surface area contributed by atoms with E-state index >= 15 is 0 Å². The molecule has 5 rings (SSSR count). The second-order valence-corrected chi connectivity index (χ2v) is 12.1. The van der Waals surface area contributed by atoms with Crippen LogP contribution in [0.25, 0.3) is 5.69 Å². The van der Waals surface area contributed by atoms with Gasteiger partial charge in [0, 0.05) is 22.0 Å². The highest BCUT2D eigenvalue weighted by atomic mass is 35.5. The van der Waals surface area contributed by atoms with Crippen molar-refractivity contribution >= 4 is 41.0 Å². The van der Waals surface area contributed by atoms with Crippen LogP contribution in [0.4, 0.5) is 5.82 Å². The molecule has 0 unspecified atom stereocenters. The Morgan fingerprint density at radius 3 is 2.58 bits per heavy atom. The minimum Gasteiger partial charge on any atom is -0.352 e. The molecule has 188 valence electrons. The number of halogens is 1. The SMILES string of the molecule is Cc1ccccc1-n1nc(C(C)(C)C)c2c1N(CC(=O)NC1CC1)C(=O)CS[C@H]2c1cccc(Cl)c1. The van der Waals surface area contributed by atoms with Gasteiger partial charge in [-0.3, -0.25) is 14.5 Å². The summed E-state index contributed by atoms with van der Waals surface area (Å²) in [5, 5.41) is 8.67. The largest absolute Gasteiger partial charge is 0.352 e. The number of nitrogens with one attached hydrogen (secondary N) is 1. The Morgan fingerprint density at radius 2 is 1.92 bits per heavy atom. The van der Waals surface area contributed by atoms with Gasteiger partial charge in [-0.05, 0) is 49.1 Å². The van der Waals surface area contributed by atoms with Gasteiger partial charge >= 0.3 is 0 Å². The number of aromatic nitrogens is 2. The molecule has 3 aromatic rings. The molecule has 6 nitrogen and oxygen atoms in total. The van der Waals surface area contributed by atoms with Crippen LogP contribution in [0, 0.1) is 6.92 Å². The quantitative estimate of drug-likeness (QED) is 0.475. The number of benzene rings is 2. The first-order chi connectivity index (χ1) is 17.1. The molecule has 0 spiro atoms. The summed E-state index contributed by atoms with van der Waals surface area (Å²) >= 11 is 7.97. The van der Waals surface area contributed by atoms with E-state index in [2.05, 4.69) is 26.1 Å².